The SMILES string of the molecule is C=CCON([C@H]1CN(C(=O)OC(C)(C)C)[C@H](CO[Si](C)(C)C(C)(C)C)C=C1C(N)=O)S(=O)(=O)c1ccccc1[N+](=O)[O-]. The summed E-state index contributed by atoms with van der Waals surface area (Å²) in [6, 6.07) is 2.39. The van der Waals surface area contributed by atoms with Crippen molar-refractivity contribution in [2.45, 2.75) is 82.3 Å². The molecule has 0 aliphatic carbocycles. The highest BCUT2D eigenvalue weighted by Gasteiger charge is 2.46. The predicted molar refractivity (Wildman–Crippen MR) is 159 cm³/mol. The van der Waals surface area contributed by atoms with E-state index in [0.29, 0.717) is 4.47 Å². The number of sulfonamides is 1. The number of ether oxygens (including phenoxy) is 1. The van der Waals surface area contributed by atoms with Crippen molar-refractivity contribution < 1.29 is 36.9 Å². The minimum atomic E-state index is -4.80. The lowest BCUT2D eigenvalue weighted by molar-refractivity contribution is -0.388. The highest BCUT2D eigenvalue weighted by Crippen LogP contribution is 2.37. The molecule has 0 spiro atoms. The second-order valence-electron chi connectivity index (χ2n) is 12.3. The quantitative estimate of drug-likeness (QED) is 0.164. The zero-order valence-corrected chi connectivity index (χ0v) is 27.3. The number of nitro benzene ring substituents is 1. The molecular weight excluding hydrogens is 584 g/mol. The Balaban J connectivity index is 2.73. The number of para-hydroxylation sites is 1. The van der Waals surface area contributed by atoms with Crippen LogP contribution in [0.2, 0.25) is 18.1 Å². The first-order valence-electron chi connectivity index (χ1n) is 13.3. The first kappa shape index (κ1) is 35.1. The molecule has 2 atom stereocenters. The summed E-state index contributed by atoms with van der Waals surface area (Å²) in [4.78, 5) is 43.2. The van der Waals surface area contributed by atoms with Crippen molar-refractivity contribution in [1.82, 2.24) is 9.37 Å². The summed E-state index contributed by atoms with van der Waals surface area (Å²) in [5.74, 6) is -0.967. The Morgan fingerprint density at radius 1 is 1.21 bits per heavy atom. The number of nitro groups is 1. The molecule has 0 unspecified atom stereocenters. The van der Waals surface area contributed by atoms with E-state index < -0.39 is 70.1 Å². The van der Waals surface area contributed by atoms with Crippen molar-refractivity contribution in [3.05, 3.63) is 58.7 Å². The number of primary amides is 1. The van der Waals surface area contributed by atoms with Gasteiger partial charge in [0, 0.05) is 18.2 Å². The number of nitrogens with two attached hydrogens (primary N) is 1. The number of carbonyl (C=O) groups excluding carboxylic acids is 2. The number of benzene rings is 1. The van der Waals surface area contributed by atoms with E-state index in [4.69, 9.17) is 19.7 Å². The van der Waals surface area contributed by atoms with Crippen LogP contribution in [-0.4, -0.2) is 80.5 Å². The Labute approximate surface area is 248 Å². The molecule has 2 N–H and O–H groups in total. The molecule has 234 valence electrons. The third-order valence-electron chi connectivity index (χ3n) is 6.99. The lowest BCUT2D eigenvalue weighted by Gasteiger charge is -2.43. The molecule has 15 heteroatoms. The maximum absolute atomic E-state index is 13.9. The lowest BCUT2D eigenvalue weighted by atomic mass is 9.98. The van der Waals surface area contributed by atoms with E-state index in [1.807, 2.05) is 13.1 Å². The average molecular weight is 627 g/mol. The van der Waals surface area contributed by atoms with E-state index in [2.05, 4.69) is 27.4 Å². The molecule has 0 saturated heterocycles. The number of amides is 2. The zero-order valence-electron chi connectivity index (χ0n) is 25.4. The molecule has 1 aromatic rings. The summed E-state index contributed by atoms with van der Waals surface area (Å²) in [7, 11) is -7.13. The summed E-state index contributed by atoms with van der Waals surface area (Å²) in [5.41, 5.74) is 3.96. The van der Waals surface area contributed by atoms with Crippen molar-refractivity contribution in [3.63, 3.8) is 0 Å². The van der Waals surface area contributed by atoms with Gasteiger partial charge in [0.25, 0.3) is 15.7 Å². The van der Waals surface area contributed by atoms with E-state index in [1.54, 1.807) is 20.8 Å². The second kappa shape index (κ2) is 13.0. The molecule has 0 aromatic heterocycles. The van der Waals surface area contributed by atoms with E-state index in [0.717, 1.165) is 12.1 Å². The first-order valence-corrected chi connectivity index (χ1v) is 17.7. The van der Waals surface area contributed by atoms with Crippen LogP contribution < -0.4 is 5.73 Å². The van der Waals surface area contributed by atoms with Gasteiger partial charge in [-0.25, -0.2) is 13.2 Å². The smallest absolute Gasteiger partial charge is 0.410 e. The van der Waals surface area contributed by atoms with Gasteiger partial charge < -0.3 is 14.9 Å². The highest BCUT2D eigenvalue weighted by atomic mass is 32.2. The molecule has 42 heavy (non-hydrogen) atoms. The van der Waals surface area contributed by atoms with Gasteiger partial charge in [-0.05, 0) is 51.0 Å². The average Bonchev–Trinajstić information content (AvgIpc) is 2.85. The molecule has 0 fully saturated rings. The van der Waals surface area contributed by atoms with Gasteiger partial charge in [-0.15, -0.1) is 6.58 Å². The fourth-order valence-corrected chi connectivity index (χ4v) is 6.40. The molecular formula is C27H42N4O9SSi. The molecule has 2 amide bonds. The van der Waals surface area contributed by atoms with Gasteiger partial charge in [-0.1, -0.05) is 43.4 Å². The Hall–Kier alpha value is -3.11. The highest BCUT2D eigenvalue weighted by molar-refractivity contribution is 7.89. The molecule has 13 nitrogen and oxygen atoms in total. The summed E-state index contributed by atoms with van der Waals surface area (Å²) >= 11 is 0. The molecule has 1 heterocycles. The Kier molecular flexibility index (Phi) is 10.9. The summed E-state index contributed by atoms with van der Waals surface area (Å²) in [6.07, 6.45) is 1.84. The Morgan fingerprint density at radius 2 is 1.81 bits per heavy atom. The van der Waals surface area contributed by atoms with Crippen molar-refractivity contribution in [2.75, 3.05) is 19.8 Å². The number of nitrogens with zero attached hydrogens (tertiary/aromatic N) is 3. The minimum Gasteiger partial charge on any atom is -0.444 e. The number of carbonyl (C=O) groups is 2. The van der Waals surface area contributed by atoms with Gasteiger partial charge in [0.15, 0.2) is 13.2 Å². The van der Waals surface area contributed by atoms with Gasteiger partial charge in [0.2, 0.25) is 5.91 Å². The van der Waals surface area contributed by atoms with Crippen LogP contribution in [-0.2, 0) is 28.8 Å². The van der Waals surface area contributed by atoms with Gasteiger partial charge in [-0.3, -0.25) is 24.6 Å². The molecule has 0 saturated carbocycles. The van der Waals surface area contributed by atoms with Crippen LogP contribution in [0.1, 0.15) is 41.5 Å². The van der Waals surface area contributed by atoms with Crippen LogP contribution in [0.25, 0.3) is 0 Å². The minimum absolute atomic E-state index is 0.0103. The molecule has 1 aromatic carbocycles. The number of hydroxylamine groups is 1. The molecule has 0 bridgehead atoms. The van der Waals surface area contributed by atoms with Crippen molar-refractivity contribution in [2.24, 2.45) is 5.73 Å². The first-order chi connectivity index (χ1) is 19.1. The van der Waals surface area contributed by atoms with Crippen LogP contribution in [0.4, 0.5) is 10.5 Å². The molecule has 0 radical (unpaired) electrons. The van der Waals surface area contributed by atoms with E-state index in [-0.39, 0.29) is 23.8 Å². The maximum Gasteiger partial charge on any atom is 0.410 e. The number of rotatable bonds is 11. The Morgan fingerprint density at radius 3 is 2.31 bits per heavy atom. The second-order valence-corrected chi connectivity index (χ2v) is 18.9. The topological polar surface area (TPSA) is 172 Å². The maximum atomic E-state index is 13.9. The Bertz CT molecular complexity index is 1330. The molecule has 1 aliphatic heterocycles. The van der Waals surface area contributed by atoms with Gasteiger partial charge in [0.05, 0.1) is 30.2 Å². The van der Waals surface area contributed by atoms with Crippen LogP contribution in [0.15, 0.2) is 53.5 Å². The molecule has 2 rings (SSSR count). The van der Waals surface area contributed by atoms with Crippen LogP contribution in [0.5, 0.6) is 0 Å². The largest absolute Gasteiger partial charge is 0.444 e. The van der Waals surface area contributed by atoms with E-state index in [1.165, 1.54) is 29.2 Å². The zero-order chi connectivity index (χ0) is 32.3. The fourth-order valence-electron chi connectivity index (χ4n) is 3.81. The van der Waals surface area contributed by atoms with Gasteiger partial charge >= 0.3 is 6.09 Å². The summed E-state index contributed by atoms with van der Waals surface area (Å²) < 4.78 is 40.3. The van der Waals surface area contributed by atoms with Crippen molar-refractivity contribution >= 4 is 36.0 Å². The fraction of sp³-hybridized carbons (Fsp3) is 0.556. The third-order valence-corrected chi connectivity index (χ3v) is 13.2. The number of hydrogen-bond acceptors (Lipinski definition) is 9. The van der Waals surface area contributed by atoms with Gasteiger partial charge in [0.1, 0.15) is 5.60 Å². The van der Waals surface area contributed by atoms with Crippen LogP contribution in [0.3, 0.4) is 0 Å². The summed E-state index contributed by atoms with van der Waals surface area (Å²) in [6.45, 7) is 18.0. The van der Waals surface area contributed by atoms with E-state index in [9.17, 15) is 28.1 Å². The standard InChI is InChI=1S/C27H42N4O9SSi/c1-10-15-38-31(41(36,37)23-14-12-11-13-21(23)30(34)35)22-17-29(25(33)40-26(2,3)4)19(16-20(22)24(28)32)18-39-42(8,9)27(5,6)7/h10-14,16,19,22H,1,15,17-18H2,2-9H3,(H2,28,32)/t19-,22-/m0/s1. The normalized spacial score (nSPS) is 18.4. The van der Waals surface area contributed by atoms with Crippen LogP contribution in [0, 0.1) is 10.1 Å². The lowest BCUT2D eigenvalue weighted by Crippen LogP contribution is -2.58. The van der Waals surface area contributed by atoms with Crippen molar-refractivity contribution in [1.29, 1.82) is 0 Å². The van der Waals surface area contributed by atoms with Crippen LogP contribution >= 0.6 is 0 Å². The summed E-state index contributed by atoms with van der Waals surface area (Å²) in [5, 5.41) is 11.5. The van der Waals surface area contributed by atoms with Gasteiger partial charge in [-0.2, -0.15) is 0 Å². The van der Waals surface area contributed by atoms with Crippen molar-refractivity contribution in [3.8, 4) is 0 Å². The molecule has 1 aliphatic rings. The predicted octanol–water partition coefficient (Wildman–Crippen LogP) is 4.12. The third kappa shape index (κ3) is 8.25. The van der Waals surface area contributed by atoms with E-state index >= 15 is 0 Å². The monoisotopic (exact) mass is 626 g/mol. The number of hydrogen-bond donors (Lipinski definition) is 1.